The Hall–Kier alpha value is -2.52. The van der Waals surface area contributed by atoms with E-state index in [-0.39, 0.29) is 24.6 Å². The summed E-state index contributed by atoms with van der Waals surface area (Å²) in [5, 5.41) is 9.22. The Kier molecular flexibility index (Phi) is 6.29. The number of methoxy groups -OCH3 is 1. The highest BCUT2D eigenvalue weighted by atomic mass is 35.5. The topological polar surface area (TPSA) is 66.5 Å². The Morgan fingerprint density at radius 3 is 2.87 bits per heavy atom. The number of thiophene rings is 1. The fraction of sp³-hybridized carbons (Fsp3) is 0.190. The fourth-order valence-corrected chi connectivity index (χ4v) is 4.87. The van der Waals surface area contributed by atoms with Crippen LogP contribution in [0.15, 0.2) is 60.1 Å². The lowest BCUT2D eigenvalue weighted by molar-refractivity contribution is -0.119. The van der Waals surface area contributed by atoms with Crippen LogP contribution in [0.3, 0.4) is 0 Å². The molecule has 30 heavy (non-hydrogen) atoms. The Balaban J connectivity index is 1.69. The molecule has 0 bridgehead atoms. The summed E-state index contributed by atoms with van der Waals surface area (Å²) < 4.78 is 4.85. The minimum absolute atomic E-state index is 0.0373. The van der Waals surface area contributed by atoms with Crippen LogP contribution in [0, 0.1) is 0 Å². The smallest absolute Gasteiger partial charge is 0.250 e. The molecule has 0 radical (unpaired) electrons. The lowest BCUT2D eigenvalue weighted by Gasteiger charge is -2.27. The van der Waals surface area contributed by atoms with Crippen molar-refractivity contribution in [2.75, 3.05) is 23.9 Å². The lowest BCUT2D eigenvalue weighted by atomic mass is 10.0. The molecule has 3 heterocycles. The summed E-state index contributed by atoms with van der Waals surface area (Å²) in [6.45, 7) is -0.0373. The number of carbonyl (C=O) groups is 1. The van der Waals surface area contributed by atoms with E-state index in [4.69, 9.17) is 28.6 Å². The van der Waals surface area contributed by atoms with Gasteiger partial charge in [0.15, 0.2) is 5.11 Å². The molecule has 9 heteroatoms. The first-order valence-electron chi connectivity index (χ1n) is 9.21. The number of halogens is 1. The molecular weight excluding hydrogens is 440 g/mol. The summed E-state index contributed by atoms with van der Waals surface area (Å²) in [5.41, 5.74) is 2.27. The fourth-order valence-electron chi connectivity index (χ4n) is 3.45. The van der Waals surface area contributed by atoms with Gasteiger partial charge in [0.05, 0.1) is 28.5 Å². The van der Waals surface area contributed by atoms with Gasteiger partial charge in [-0.25, -0.2) is 0 Å². The van der Waals surface area contributed by atoms with Crippen molar-refractivity contribution in [1.82, 2.24) is 10.3 Å². The van der Waals surface area contributed by atoms with Crippen LogP contribution in [0.5, 0.6) is 0 Å². The van der Waals surface area contributed by atoms with E-state index >= 15 is 0 Å². The monoisotopic (exact) mass is 458 g/mol. The number of aromatic nitrogens is 1. The van der Waals surface area contributed by atoms with Crippen molar-refractivity contribution in [2.45, 2.75) is 12.1 Å². The van der Waals surface area contributed by atoms with Crippen LogP contribution < -0.4 is 15.5 Å². The second-order valence-corrected chi connectivity index (χ2v) is 8.43. The summed E-state index contributed by atoms with van der Waals surface area (Å²) in [5.74, 6) is -0.266. The molecule has 2 atom stereocenters. The predicted molar refractivity (Wildman–Crippen MR) is 124 cm³/mol. The lowest BCUT2D eigenvalue weighted by Crippen LogP contribution is -2.29. The Morgan fingerprint density at radius 2 is 2.20 bits per heavy atom. The molecule has 0 spiro atoms. The SMILES string of the molecule is COCC(=O)Nc1ccc(N2C(=S)N[C@H](c3ccccn3)[C@H]2c2cccs2)cc1Cl. The van der Waals surface area contributed by atoms with Gasteiger partial charge in [0.1, 0.15) is 6.61 Å². The van der Waals surface area contributed by atoms with Crippen molar-refractivity contribution in [3.8, 4) is 0 Å². The van der Waals surface area contributed by atoms with Gasteiger partial charge in [-0.05, 0) is 54.0 Å². The molecule has 4 rings (SSSR count). The number of nitrogens with zero attached hydrogens (tertiary/aromatic N) is 2. The average Bonchev–Trinajstić information content (AvgIpc) is 3.38. The van der Waals surface area contributed by atoms with Crippen LogP contribution in [-0.2, 0) is 9.53 Å². The van der Waals surface area contributed by atoms with Crippen LogP contribution in [0.25, 0.3) is 0 Å². The number of nitrogens with one attached hydrogen (secondary N) is 2. The Morgan fingerprint density at radius 1 is 1.33 bits per heavy atom. The first-order chi connectivity index (χ1) is 14.6. The number of amides is 1. The molecule has 3 aromatic rings. The summed E-state index contributed by atoms with van der Waals surface area (Å²) >= 11 is 13.8. The number of benzene rings is 1. The minimum Gasteiger partial charge on any atom is -0.375 e. The number of carbonyl (C=O) groups excluding carboxylic acids is 1. The van der Waals surface area contributed by atoms with E-state index in [1.165, 1.54) is 7.11 Å². The molecule has 1 saturated heterocycles. The zero-order valence-electron chi connectivity index (χ0n) is 16.0. The summed E-state index contributed by atoms with van der Waals surface area (Å²) in [6, 6.07) is 15.3. The van der Waals surface area contributed by atoms with Crippen LogP contribution >= 0.6 is 35.2 Å². The second-order valence-electron chi connectivity index (χ2n) is 6.66. The molecule has 1 fully saturated rings. The van der Waals surface area contributed by atoms with Crippen LogP contribution in [0.2, 0.25) is 5.02 Å². The van der Waals surface area contributed by atoms with E-state index in [1.807, 2.05) is 40.6 Å². The molecule has 1 aromatic carbocycles. The number of pyridine rings is 1. The average molecular weight is 459 g/mol. The van der Waals surface area contributed by atoms with Gasteiger partial charge in [-0.1, -0.05) is 23.7 Å². The molecule has 0 aliphatic carbocycles. The van der Waals surface area contributed by atoms with Crippen molar-refractivity contribution in [3.05, 3.63) is 75.7 Å². The number of ether oxygens (including phenoxy) is 1. The largest absolute Gasteiger partial charge is 0.375 e. The van der Waals surface area contributed by atoms with Gasteiger partial charge in [0, 0.05) is 23.9 Å². The van der Waals surface area contributed by atoms with Crippen molar-refractivity contribution in [1.29, 1.82) is 0 Å². The second kappa shape index (κ2) is 9.09. The number of anilines is 2. The van der Waals surface area contributed by atoms with E-state index in [0.29, 0.717) is 15.8 Å². The summed E-state index contributed by atoms with van der Waals surface area (Å²) in [7, 11) is 1.47. The highest BCUT2D eigenvalue weighted by Crippen LogP contribution is 2.43. The highest BCUT2D eigenvalue weighted by molar-refractivity contribution is 7.80. The Labute approximate surface area is 188 Å². The third kappa shape index (κ3) is 4.17. The van der Waals surface area contributed by atoms with Gasteiger partial charge in [0.2, 0.25) is 5.91 Å². The van der Waals surface area contributed by atoms with E-state index in [9.17, 15) is 4.79 Å². The van der Waals surface area contributed by atoms with Crippen LogP contribution in [0.1, 0.15) is 22.7 Å². The van der Waals surface area contributed by atoms with Gasteiger partial charge >= 0.3 is 0 Å². The molecule has 2 N–H and O–H groups in total. The maximum absolute atomic E-state index is 11.8. The van der Waals surface area contributed by atoms with E-state index in [0.717, 1.165) is 16.3 Å². The van der Waals surface area contributed by atoms with E-state index < -0.39 is 0 Å². The first kappa shape index (κ1) is 20.7. The van der Waals surface area contributed by atoms with Crippen molar-refractivity contribution < 1.29 is 9.53 Å². The number of rotatable bonds is 6. The zero-order chi connectivity index (χ0) is 21.1. The number of hydrogen-bond donors (Lipinski definition) is 2. The van der Waals surface area contributed by atoms with Gasteiger partial charge in [-0.15, -0.1) is 11.3 Å². The molecule has 154 valence electrons. The standard InChI is InChI=1S/C21H19ClN4O2S2/c1-28-12-18(27)24-15-8-7-13(11-14(15)22)26-20(17-6-4-10-30-17)19(25-21(26)29)16-5-2-3-9-23-16/h2-11,19-20H,12H2,1H3,(H,24,27)(H,25,29)/t19-,20-/m1/s1. The minimum atomic E-state index is -0.266. The molecule has 6 nitrogen and oxygen atoms in total. The third-order valence-electron chi connectivity index (χ3n) is 4.71. The highest BCUT2D eigenvalue weighted by Gasteiger charge is 2.41. The van der Waals surface area contributed by atoms with E-state index in [2.05, 4.69) is 21.7 Å². The first-order valence-corrected chi connectivity index (χ1v) is 10.9. The van der Waals surface area contributed by atoms with Gasteiger partial charge in [-0.2, -0.15) is 0 Å². The summed E-state index contributed by atoms with van der Waals surface area (Å²) in [6.07, 6.45) is 1.78. The number of thiocarbonyl (C=S) groups is 1. The molecule has 1 aliphatic heterocycles. The molecule has 2 aromatic heterocycles. The normalized spacial score (nSPS) is 18.3. The van der Waals surface area contributed by atoms with E-state index in [1.54, 1.807) is 29.7 Å². The van der Waals surface area contributed by atoms with Gasteiger partial charge in [0.25, 0.3) is 0 Å². The quantitative estimate of drug-likeness (QED) is 0.528. The zero-order valence-corrected chi connectivity index (χ0v) is 18.4. The molecule has 0 unspecified atom stereocenters. The van der Waals surface area contributed by atoms with Crippen molar-refractivity contribution >= 4 is 57.5 Å². The number of hydrogen-bond acceptors (Lipinski definition) is 5. The molecular formula is C21H19ClN4O2S2. The molecule has 1 aliphatic rings. The molecule has 0 saturated carbocycles. The maximum Gasteiger partial charge on any atom is 0.250 e. The third-order valence-corrected chi connectivity index (χ3v) is 6.28. The van der Waals surface area contributed by atoms with Gasteiger partial charge < -0.3 is 20.3 Å². The Bertz CT molecular complexity index is 1050. The van der Waals surface area contributed by atoms with Crippen molar-refractivity contribution in [3.63, 3.8) is 0 Å². The van der Waals surface area contributed by atoms with Crippen molar-refractivity contribution in [2.24, 2.45) is 0 Å². The maximum atomic E-state index is 11.8. The van der Waals surface area contributed by atoms with Crippen LogP contribution in [0.4, 0.5) is 11.4 Å². The van der Waals surface area contributed by atoms with Crippen LogP contribution in [-0.4, -0.2) is 29.7 Å². The predicted octanol–water partition coefficient (Wildman–Crippen LogP) is 4.56. The summed E-state index contributed by atoms with van der Waals surface area (Å²) in [4.78, 5) is 19.6. The van der Waals surface area contributed by atoms with Gasteiger partial charge in [-0.3, -0.25) is 9.78 Å². The molecule has 1 amide bonds.